The van der Waals surface area contributed by atoms with Gasteiger partial charge in [-0.05, 0) is 31.2 Å². The summed E-state index contributed by atoms with van der Waals surface area (Å²) in [5.41, 5.74) is 6.33. The van der Waals surface area contributed by atoms with Crippen molar-refractivity contribution in [2.24, 2.45) is 5.73 Å². The first-order valence-corrected chi connectivity index (χ1v) is 6.03. The van der Waals surface area contributed by atoms with Crippen LogP contribution in [-0.4, -0.2) is 15.8 Å². The smallest absolute Gasteiger partial charge is 0.322 e. The third kappa shape index (κ3) is 3.56. The lowest BCUT2D eigenvalue weighted by Crippen LogP contribution is -2.14. The van der Waals surface area contributed by atoms with Gasteiger partial charge in [0.05, 0.1) is 0 Å². The van der Waals surface area contributed by atoms with Crippen LogP contribution in [0.3, 0.4) is 0 Å². The summed E-state index contributed by atoms with van der Waals surface area (Å²) in [4.78, 5) is 8.12. The predicted octanol–water partition coefficient (Wildman–Crippen LogP) is 3.17. The minimum absolute atomic E-state index is 0.0866. The normalized spacial score (nSPS) is 10.3. The summed E-state index contributed by atoms with van der Waals surface area (Å²) in [5, 5.41) is 8.26. The van der Waals surface area contributed by atoms with Gasteiger partial charge in [0.25, 0.3) is 0 Å². The minimum Gasteiger partial charge on any atom is -0.424 e. The van der Waals surface area contributed by atoms with E-state index < -0.39 is 0 Å². The molecule has 0 bridgehead atoms. The molecule has 0 saturated carbocycles. The first-order valence-electron chi connectivity index (χ1n) is 5.28. The highest BCUT2D eigenvalue weighted by molar-refractivity contribution is 6.34. The Balaban J connectivity index is 2.35. The van der Waals surface area contributed by atoms with Crippen LogP contribution in [-0.2, 0) is 0 Å². The Kier molecular flexibility index (Phi) is 3.87. The average Bonchev–Trinajstić information content (AvgIpc) is 2.26. The maximum absolute atomic E-state index is 7.37. The molecule has 3 N–H and O–H groups in total. The zero-order valence-corrected chi connectivity index (χ0v) is 11.5. The van der Waals surface area contributed by atoms with E-state index in [1.807, 2.05) is 0 Å². The molecule has 0 spiro atoms. The van der Waals surface area contributed by atoms with Crippen molar-refractivity contribution in [1.29, 1.82) is 5.41 Å². The fourth-order valence-electron chi connectivity index (χ4n) is 1.42. The number of halogens is 2. The van der Waals surface area contributed by atoms with Gasteiger partial charge in [0.15, 0.2) is 0 Å². The van der Waals surface area contributed by atoms with Crippen LogP contribution in [0.2, 0.25) is 10.0 Å². The first kappa shape index (κ1) is 13.6. The van der Waals surface area contributed by atoms with Gasteiger partial charge in [-0.3, -0.25) is 5.41 Å². The maximum atomic E-state index is 7.37. The Morgan fingerprint density at radius 3 is 2.37 bits per heavy atom. The van der Waals surface area contributed by atoms with Gasteiger partial charge in [0.2, 0.25) is 0 Å². The molecule has 5 nitrogen and oxygen atoms in total. The second-order valence-electron chi connectivity index (χ2n) is 3.80. The molecule has 0 aliphatic rings. The van der Waals surface area contributed by atoms with E-state index in [0.717, 1.165) is 0 Å². The molecule has 0 unspecified atom stereocenters. The van der Waals surface area contributed by atoms with Gasteiger partial charge in [-0.25, -0.2) is 4.98 Å². The lowest BCUT2D eigenvalue weighted by Gasteiger charge is -2.07. The third-order valence-corrected chi connectivity index (χ3v) is 2.59. The number of hydrogen-bond donors (Lipinski definition) is 2. The predicted molar refractivity (Wildman–Crippen MR) is 74.3 cm³/mol. The Hall–Kier alpha value is -1.85. The van der Waals surface area contributed by atoms with Gasteiger partial charge in [0.1, 0.15) is 17.3 Å². The first-order chi connectivity index (χ1) is 8.94. The second-order valence-corrected chi connectivity index (χ2v) is 4.67. The number of nitrogen functional groups attached to an aromatic ring is 1. The maximum Gasteiger partial charge on any atom is 0.322 e. The van der Waals surface area contributed by atoms with Crippen LogP contribution in [0.4, 0.5) is 0 Å². The number of hydrogen-bond acceptors (Lipinski definition) is 4. The molecule has 0 saturated heterocycles. The quantitative estimate of drug-likeness (QED) is 0.673. The van der Waals surface area contributed by atoms with Crippen molar-refractivity contribution in [3.8, 4) is 11.8 Å². The molecule has 98 valence electrons. The van der Waals surface area contributed by atoms with E-state index in [2.05, 4.69) is 9.97 Å². The van der Waals surface area contributed by atoms with Crippen LogP contribution in [0.15, 0.2) is 24.3 Å². The highest BCUT2D eigenvalue weighted by Crippen LogP contribution is 2.27. The molecule has 1 heterocycles. The van der Waals surface area contributed by atoms with Crippen molar-refractivity contribution < 1.29 is 4.74 Å². The van der Waals surface area contributed by atoms with Gasteiger partial charge < -0.3 is 10.5 Å². The van der Waals surface area contributed by atoms with Gasteiger partial charge in [-0.15, -0.1) is 0 Å². The number of amidine groups is 1. The molecule has 0 radical (unpaired) electrons. The van der Waals surface area contributed by atoms with E-state index in [0.29, 0.717) is 27.2 Å². The van der Waals surface area contributed by atoms with Gasteiger partial charge in [0, 0.05) is 15.7 Å². The van der Waals surface area contributed by atoms with E-state index in [1.165, 1.54) is 0 Å². The number of ether oxygens (including phenoxy) is 1. The summed E-state index contributed by atoms with van der Waals surface area (Å²) >= 11 is 11.7. The third-order valence-electron chi connectivity index (χ3n) is 2.15. The number of nitrogens with one attached hydrogen (secondary N) is 1. The summed E-state index contributed by atoms with van der Waals surface area (Å²) < 4.78 is 5.47. The van der Waals surface area contributed by atoms with Gasteiger partial charge in [-0.1, -0.05) is 23.2 Å². The topological polar surface area (TPSA) is 84.9 Å². The summed E-state index contributed by atoms with van der Waals surface area (Å²) in [7, 11) is 0. The van der Waals surface area contributed by atoms with E-state index in [9.17, 15) is 0 Å². The highest BCUT2D eigenvalue weighted by atomic mass is 35.5. The van der Waals surface area contributed by atoms with Crippen molar-refractivity contribution in [2.75, 3.05) is 0 Å². The fraction of sp³-hybridized carbons (Fsp3) is 0.0833. The second kappa shape index (κ2) is 5.42. The molecular formula is C12H10Cl2N4O. The number of nitrogens with zero attached hydrogens (tertiary/aromatic N) is 2. The van der Waals surface area contributed by atoms with Crippen LogP contribution in [0.5, 0.6) is 11.8 Å². The SMILES string of the molecule is Cc1cc(C(=N)N)nc(Oc2cc(Cl)cc(Cl)c2)n1. The van der Waals surface area contributed by atoms with Gasteiger partial charge >= 0.3 is 6.01 Å². The van der Waals surface area contributed by atoms with Crippen LogP contribution in [0.1, 0.15) is 11.4 Å². The summed E-state index contributed by atoms with van der Waals surface area (Å²) in [6, 6.07) is 6.46. The Bertz CT molecular complexity index is 625. The average molecular weight is 297 g/mol. The standard InChI is InChI=1S/C12H10Cl2N4O/c1-6-2-10(11(15)16)18-12(17-6)19-9-4-7(13)3-8(14)5-9/h2-5H,1H3,(H3,15,16). The van der Waals surface area contributed by atoms with Gasteiger partial charge in [-0.2, -0.15) is 4.98 Å². The van der Waals surface area contributed by atoms with E-state index in [1.54, 1.807) is 31.2 Å². The Labute approximate surface area is 119 Å². The number of nitrogens with two attached hydrogens (primary N) is 1. The number of benzene rings is 1. The molecule has 1 aromatic carbocycles. The molecule has 19 heavy (non-hydrogen) atoms. The lowest BCUT2D eigenvalue weighted by molar-refractivity contribution is 0.440. The van der Waals surface area contributed by atoms with Crippen molar-refractivity contribution in [1.82, 2.24) is 9.97 Å². The molecule has 0 aliphatic heterocycles. The van der Waals surface area contributed by atoms with Crippen LogP contribution in [0.25, 0.3) is 0 Å². The molecule has 1 aromatic heterocycles. The van der Waals surface area contributed by atoms with Crippen LogP contribution >= 0.6 is 23.2 Å². The van der Waals surface area contributed by atoms with E-state index >= 15 is 0 Å². The fourth-order valence-corrected chi connectivity index (χ4v) is 1.92. The van der Waals surface area contributed by atoms with E-state index in [4.69, 9.17) is 39.1 Å². The molecule has 2 rings (SSSR count). The zero-order valence-electron chi connectivity index (χ0n) is 9.95. The summed E-state index contributed by atoms with van der Waals surface area (Å²) in [5.74, 6) is 0.261. The van der Waals surface area contributed by atoms with E-state index in [-0.39, 0.29) is 11.8 Å². The molecule has 2 aromatic rings. The zero-order chi connectivity index (χ0) is 14.0. The van der Waals surface area contributed by atoms with Crippen molar-refractivity contribution in [3.63, 3.8) is 0 Å². The number of rotatable bonds is 3. The molecule has 0 atom stereocenters. The van der Waals surface area contributed by atoms with Crippen molar-refractivity contribution >= 4 is 29.0 Å². The largest absolute Gasteiger partial charge is 0.424 e. The van der Waals surface area contributed by atoms with Crippen molar-refractivity contribution in [3.05, 3.63) is 45.7 Å². The highest BCUT2D eigenvalue weighted by Gasteiger charge is 2.08. The Morgan fingerprint density at radius 1 is 1.16 bits per heavy atom. The molecular weight excluding hydrogens is 287 g/mol. The monoisotopic (exact) mass is 296 g/mol. The van der Waals surface area contributed by atoms with Crippen LogP contribution < -0.4 is 10.5 Å². The van der Waals surface area contributed by atoms with Crippen LogP contribution in [0, 0.1) is 12.3 Å². The summed E-state index contributed by atoms with van der Waals surface area (Å²) in [6.07, 6.45) is 0. The number of aryl methyl sites for hydroxylation is 1. The summed E-state index contributed by atoms with van der Waals surface area (Å²) in [6.45, 7) is 1.76. The molecule has 7 heteroatoms. The Morgan fingerprint density at radius 2 is 1.79 bits per heavy atom. The molecule has 0 amide bonds. The number of aromatic nitrogens is 2. The lowest BCUT2D eigenvalue weighted by atomic mass is 10.3. The van der Waals surface area contributed by atoms with Crippen molar-refractivity contribution in [2.45, 2.75) is 6.92 Å². The molecule has 0 aliphatic carbocycles. The molecule has 0 fully saturated rings. The minimum atomic E-state index is -0.153.